The number of hydrogen-bond acceptors (Lipinski definition) is 4. The van der Waals surface area contributed by atoms with Crippen molar-refractivity contribution in [2.75, 3.05) is 13.2 Å². The second kappa shape index (κ2) is 7.49. The first-order chi connectivity index (χ1) is 10.2. The number of nitrogens with one attached hydrogen (secondary N) is 1. The minimum Gasteiger partial charge on any atom is -0.394 e. The average molecular weight is 296 g/mol. The van der Waals surface area contributed by atoms with Gasteiger partial charge in [0.2, 0.25) is 0 Å². The van der Waals surface area contributed by atoms with Crippen LogP contribution >= 0.6 is 0 Å². The summed E-state index contributed by atoms with van der Waals surface area (Å²) in [5, 5.41) is 12.1. The Labute approximate surface area is 123 Å². The van der Waals surface area contributed by atoms with Crippen LogP contribution in [0.5, 0.6) is 0 Å². The van der Waals surface area contributed by atoms with E-state index < -0.39 is 17.8 Å². The summed E-state index contributed by atoms with van der Waals surface area (Å²) in [7, 11) is 0. The molecule has 1 fully saturated rings. The Morgan fingerprint density at radius 2 is 2.19 bits per heavy atom. The van der Waals surface area contributed by atoms with Crippen LogP contribution in [0.25, 0.3) is 0 Å². The first-order valence-corrected chi connectivity index (χ1v) is 7.17. The molecule has 1 aromatic rings. The Hall–Kier alpha value is -1.50. The van der Waals surface area contributed by atoms with E-state index in [1.807, 2.05) is 0 Å². The van der Waals surface area contributed by atoms with Crippen molar-refractivity contribution in [1.82, 2.24) is 5.32 Å². The van der Waals surface area contributed by atoms with Crippen LogP contribution in [0.4, 0.5) is 4.39 Å². The maximum atomic E-state index is 13.6. The van der Waals surface area contributed by atoms with Gasteiger partial charge in [0, 0.05) is 0 Å². The van der Waals surface area contributed by atoms with E-state index in [4.69, 9.17) is 10.5 Å². The lowest BCUT2D eigenvalue weighted by Gasteiger charge is -2.36. The van der Waals surface area contributed by atoms with Gasteiger partial charge < -0.3 is 20.9 Å². The molecular formula is C15H21FN2O3. The number of aliphatic hydroxyl groups is 1. The molecule has 0 aromatic heterocycles. The van der Waals surface area contributed by atoms with Gasteiger partial charge in [0.25, 0.3) is 5.91 Å². The van der Waals surface area contributed by atoms with Gasteiger partial charge in [-0.05, 0) is 37.9 Å². The molecule has 0 bridgehead atoms. The molecule has 4 N–H and O–H groups in total. The van der Waals surface area contributed by atoms with Gasteiger partial charge in [0.15, 0.2) is 0 Å². The summed E-state index contributed by atoms with van der Waals surface area (Å²) >= 11 is 0. The maximum Gasteiger partial charge on any atom is 0.254 e. The summed E-state index contributed by atoms with van der Waals surface area (Å²) < 4.78 is 19.3. The van der Waals surface area contributed by atoms with Crippen molar-refractivity contribution < 1.29 is 19.0 Å². The van der Waals surface area contributed by atoms with E-state index in [2.05, 4.69) is 5.32 Å². The number of aliphatic hydroxyl groups excluding tert-OH is 1. The maximum absolute atomic E-state index is 13.6. The van der Waals surface area contributed by atoms with E-state index in [1.165, 1.54) is 18.2 Å². The first kappa shape index (κ1) is 15.9. The summed E-state index contributed by atoms with van der Waals surface area (Å²) in [5.74, 6) is -1.05. The van der Waals surface area contributed by atoms with Gasteiger partial charge >= 0.3 is 0 Å². The molecule has 5 nitrogen and oxygen atoms in total. The number of halogens is 1. The molecule has 0 spiro atoms. The molecule has 0 unspecified atom stereocenters. The van der Waals surface area contributed by atoms with E-state index in [0.29, 0.717) is 13.0 Å². The Morgan fingerprint density at radius 3 is 2.86 bits per heavy atom. The van der Waals surface area contributed by atoms with Crippen molar-refractivity contribution in [3.05, 3.63) is 35.6 Å². The van der Waals surface area contributed by atoms with E-state index >= 15 is 0 Å². The predicted octanol–water partition coefficient (Wildman–Crippen LogP) is 0.813. The Bertz CT molecular complexity index is 484. The third kappa shape index (κ3) is 4.00. The van der Waals surface area contributed by atoms with Crippen molar-refractivity contribution in [3.63, 3.8) is 0 Å². The zero-order valence-corrected chi connectivity index (χ0v) is 11.8. The van der Waals surface area contributed by atoms with E-state index in [9.17, 15) is 14.3 Å². The smallest absolute Gasteiger partial charge is 0.254 e. The van der Waals surface area contributed by atoms with Gasteiger partial charge in [0.05, 0.1) is 24.3 Å². The van der Waals surface area contributed by atoms with Gasteiger partial charge in [-0.2, -0.15) is 0 Å². The zero-order valence-electron chi connectivity index (χ0n) is 11.8. The molecule has 116 valence electrons. The van der Waals surface area contributed by atoms with Gasteiger partial charge in [0.1, 0.15) is 11.9 Å². The first-order valence-electron chi connectivity index (χ1n) is 7.17. The molecule has 0 saturated carbocycles. The Morgan fingerprint density at radius 1 is 1.43 bits per heavy atom. The molecule has 1 amide bonds. The van der Waals surface area contributed by atoms with Gasteiger partial charge in [-0.15, -0.1) is 0 Å². The molecule has 6 heteroatoms. The highest BCUT2D eigenvalue weighted by Gasteiger charge is 2.32. The summed E-state index contributed by atoms with van der Waals surface area (Å²) in [6.45, 7) is 0.332. The summed E-state index contributed by atoms with van der Waals surface area (Å²) in [4.78, 5) is 12.1. The van der Waals surface area contributed by atoms with Crippen molar-refractivity contribution in [2.45, 2.75) is 37.5 Å². The molecule has 1 aliphatic rings. The lowest BCUT2D eigenvalue weighted by atomic mass is 9.96. The minimum atomic E-state index is -0.562. The highest BCUT2D eigenvalue weighted by molar-refractivity contribution is 5.94. The zero-order chi connectivity index (χ0) is 15.2. The second-order valence-corrected chi connectivity index (χ2v) is 5.19. The Kier molecular flexibility index (Phi) is 5.67. The number of carbonyl (C=O) groups excluding carboxylic acids is 1. The quantitative estimate of drug-likeness (QED) is 0.751. The van der Waals surface area contributed by atoms with Crippen LogP contribution in [-0.4, -0.2) is 42.4 Å². The van der Waals surface area contributed by atoms with Crippen molar-refractivity contribution >= 4 is 5.91 Å². The van der Waals surface area contributed by atoms with Crippen LogP contribution in [0.15, 0.2) is 24.3 Å². The molecule has 1 aliphatic heterocycles. The van der Waals surface area contributed by atoms with Gasteiger partial charge in [-0.3, -0.25) is 4.79 Å². The number of carbonyl (C=O) groups is 1. The molecule has 1 aromatic carbocycles. The van der Waals surface area contributed by atoms with E-state index in [1.54, 1.807) is 6.07 Å². The number of nitrogens with two attached hydrogens (primary N) is 1. The predicted molar refractivity (Wildman–Crippen MR) is 76.3 cm³/mol. The highest BCUT2D eigenvalue weighted by atomic mass is 19.1. The van der Waals surface area contributed by atoms with Crippen molar-refractivity contribution in [1.29, 1.82) is 0 Å². The molecule has 21 heavy (non-hydrogen) atoms. The SMILES string of the molecule is NCC[C@@H]1CC[C@H](NC(=O)c2ccccc2F)[C@@H](CO)O1. The molecule has 1 saturated heterocycles. The highest BCUT2D eigenvalue weighted by Crippen LogP contribution is 2.22. The van der Waals surface area contributed by atoms with Crippen LogP contribution in [0.1, 0.15) is 29.6 Å². The Balaban J connectivity index is 1.99. The van der Waals surface area contributed by atoms with Crippen LogP contribution in [0.2, 0.25) is 0 Å². The number of ether oxygens (including phenoxy) is 1. The summed E-state index contributed by atoms with van der Waals surface area (Å²) in [6.07, 6.45) is 1.69. The third-order valence-corrected chi connectivity index (χ3v) is 3.72. The number of amides is 1. The van der Waals surface area contributed by atoms with Crippen LogP contribution in [0, 0.1) is 5.82 Å². The van der Waals surface area contributed by atoms with Crippen LogP contribution in [0.3, 0.4) is 0 Å². The normalized spacial score (nSPS) is 25.6. The van der Waals surface area contributed by atoms with Gasteiger partial charge in [-0.25, -0.2) is 4.39 Å². The van der Waals surface area contributed by atoms with Crippen molar-refractivity contribution in [3.8, 4) is 0 Å². The fourth-order valence-corrected chi connectivity index (χ4v) is 2.59. The standard InChI is InChI=1S/C15H21FN2O3/c16-12-4-2-1-3-11(12)15(20)18-13-6-5-10(7-8-17)21-14(13)9-19/h1-4,10,13-14,19H,5-9,17H2,(H,18,20)/t10-,13-,14+/m0/s1. The second-order valence-electron chi connectivity index (χ2n) is 5.19. The summed E-state index contributed by atoms with van der Waals surface area (Å²) in [5.41, 5.74) is 5.50. The van der Waals surface area contributed by atoms with E-state index in [-0.39, 0.29) is 24.3 Å². The number of benzene rings is 1. The topological polar surface area (TPSA) is 84.6 Å². The third-order valence-electron chi connectivity index (χ3n) is 3.72. The van der Waals surface area contributed by atoms with Crippen molar-refractivity contribution in [2.24, 2.45) is 5.73 Å². The average Bonchev–Trinajstić information content (AvgIpc) is 2.49. The van der Waals surface area contributed by atoms with Crippen LogP contribution in [-0.2, 0) is 4.74 Å². The molecule has 0 radical (unpaired) electrons. The fourth-order valence-electron chi connectivity index (χ4n) is 2.59. The fraction of sp³-hybridized carbons (Fsp3) is 0.533. The number of hydrogen-bond donors (Lipinski definition) is 3. The number of rotatable bonds is 5. The summed E-state index contributed by atoms with van der Waals surface area (Å²) in [6, 6.07) is 5.49. The lowest BCUT2D eigenvalue weighted by molar-refractivity contribution is -0.0889. The van der Waals surface area contributed by atoms with Gasteiger partial charge in [-0.1, -0.05) is 12.1 Å². The minimum absolute atomic E-state index is 0.00160. The van der Waals surface area contributed by atoms with E-state index in [0.717, 1.165) is 12.8 Å². The van der Waals surface area contributed by atoms with Crippen LogP contribution < -0.4 is 11.1 Å². The molecular weight excluding hydrogens is 275 g/mol. The monoisotopic (exact) mass is 296 g/mol. The largest absolute Gasteiger partial charge is 0.394 e. The lowest BCUT2D eigenvalue weighted by Crippen LogP contribution is -2.51. The molecule has 2 rings (SSSR count). The molecule has 0 aliphatic carbocycles. The molecule has 3 atom stereocenters. The molecule has 1 heterocycles.